The van der Waals surface area contributed by atoms with Crippen molar-refractivity contribution in [2.45, 2.75) is 38.9 Å². The first-order chi connectivity index (χ1) is 8.47. The van der Waals surface area contributed by atoms with Crippen molar-refractivity contribution in [1.82, 2.24) is 0 Å². The number of rotatable bonds is 3. The van der Waals surface area contributed by atoms with E-state index in [2.05, 4.69) is 67.9 Å². The molecular formula is C16H19BrS. The molecule has 1 aromatic heterocycles. The predicted octanol–water partition coefficient (Wildman–Crippen LogP) is 5.66. The van der Waals surface area contributed by atoms with Gasteiger partial charge in [-0.2, -0.15) is 0 Å². The van der Waals surface area contributed by atoms with Crippen molar-refractivity contribution in [2.75, 3.05) is 0 Å². The number of hydrogen-bond donors (Lipinski definition) is 0. The zero-order valence-corrected chi connectivity index (χ0v) is 13.8. The molecule has 0 N–H and O–H groups in total. The summed E-state index contributed by atoms with van der Waals surface area (Å²) in [5.74, 6) is 0. The molecule has 96 valence electrons. The summed E-state index contributed by atoms with van der Waals surface area (Å²) < 4.78 is 0. The Hall–Kier alpha value is -0.600. The van der Waals surface area contributed by atoms with Crippen molar-refractivity contribution >= 4 is 27.3 Å². The molecule has 0 amide bonds. The highest BCUT2D eigenvalue weighted by Gasteiger charge is 2.15. The van der Waals surface area contributed by atoms with E-state index in [0.29, 0.717) is 4.83 Å². The van der Waals surface area contributed by atoms with Crippen LogP contribution in [0.3, 0.4) is 0 Å². The van der Waals surface area contributed by atoms with Crippen LogP contribution in [-0.2, 0) is 6.42 Å². The molecule has 0 saturated carbocycles. The standard InChI is InChI=1S/C16H19BrS/c1-10-5-6-11(2)14(7-10)9-15(17)16-12(3)8-13(4)18-16/h5-8,15H,9H2,1-4H3. The van der Waals surface area contributed by atoms with Crippen LogP contribution in [0.1, 0.15) is 36.8 Å². The maximum absolute atomic E-state index is 3.86. The van der Waals surface area contributed by atoms with E-state index in [1.807, 2.05) is 11.3 Å². The van der Waals surface area contributed by atoms with Crippen LogP contribution in [0, 0.1) is 27.7 Å². The average molecular weight is 323 g/mol. The monoisotopic (exact) mass is 322 g/mol. The summed E-state index contributed by atoms with van der Waals surface area (Å²) in [4.78, 5) is 3.29. The molecule has 1 heterocycles. The van der Waals surface area contributed by atoms with Gasteiger partial charge in [0.05, 0.1) is 4.83 Å². The van der Waals surface area contributed by atoms with Gasteiger partial charge in [0.1, 0.15) is 0 Å². The van der Waals surface area contributed by atoms with Gasteiger partial charge in [0.15, 0.2) is 0 Å². The molecule has 0 bridgehead atoms. The molecule has 0 aliphatic rings. The molecule has 0 spiro atoms. The highest BCUT2D eigenvalue weighted by Crippen LogP contribution is 2.35. The van der Waals surface area contributed by atoms with E-state index in [9.17, 15) is 0 Å². The van der Waals surface area contributed by atoms with Crippen molar-refractivity contribution in [2.24, 2.45) is 0 Å². The summed E-state index contributed by atoms with van der Waals surface area (Å²) in [5, 5.41) is 0. The summed E-state index contributed by atoms with van der Waals surface area (Å²) in [6.45, 7) is 8.74. The highest BCUT2D eigenvalue weighted by molar-refractivity contribution is 9.09. The van der Waals surface area contributed by atoms with E-state index in [4.69, 9.17) is 0 Å². The molecule has 2 heteroatoms. The zero-order valence-electron chi connectivity index (χ0n) is 11.4. The topological polar surface area (TPSA) is 0 Å². The van der Waals surface area contributed by atoms with Gasteiger partial charge in [0.25, 0.3) is 0 Å². The fourth-order valence-electron chi connectivity index (χ4n) is 2.28. The smallest absolute Gasteiger partial charge is 0.0532 e. The Morgan fingerprint density at radius 1 is 1.06 bits per heavy atom. The maximum Gasteiger partial charge on any atom is 0.0532 e. The normalized spacial score (nSPS) is 12.7. The van der Waals surface area contributed by atoms with Gasteiger partial charge < -0.3 is 0 Å². The van der Waals surface area contributed by atoms with Gasteiger partial charge in [-0.25, -0.2) is 0 Å². The van der Waals surface area contributed by atoms with Crippen LogP contribution in [0.25, 0.3) is 0 Å². The molecule has 2 rings (SSSR count). The second-order valence-electron chi connectivity index (χ2n) is 5.01. The average Bonchev–Trinajstić information content (AvgIpc) is 2.63. The first-order valence-electron chi connectivity index (χ1n) is 6.24. The first-order valence-corrected chi connectivity index (χ1v) is 7.97. The third kappa shape index (κ3) is 3.04. The fraction of sp³-hybridized carbons (Fsp3) is 0.375. The van der Waals surface area contributed by atoms with E-state index in [0.717, 1.165) is 6.42 Å². The van der Waals surface area contributed by atoms with Gasteiger partial charge in [0.2, 0.25) is 0 Å². The van der Waals surface area contributed by atoms with Gasteiger partial charge in [-0.05, 0) is 56.9 Å². The molecule has 0 saturated heterocycles. The number of hydrogen-bond acceptors (Lipinski definition) is 1. The van der Waals surface area contributed by atoms with E-state index in [-0.39, 0.29) is 0 Å². The Kier molecular flexibility index (Phi) is 4.29. The largest absolute Gasteiger partial charge is 0.144 e. The Morgan fingerprint density at radius 2 is 1.78 bits per heavy atom. The number of benzene rings is 1. The quantitative estimate of drug-likeness (QED) is 0.639. The van der Waals surface area contributed by atoms with Crippen LogP contribution in [0.15, 0.2) is 24.3 Å². The van der Waals surface area contributed by atoms with Crippen LogP contribution in [0.4, 0.5) is 0 Å². The molecule has 1 atom stereocenters. The third-order valence-corrected chi connectivity index (χ3v) is 5.62. The second kappa shape index (κ2) is 5.58. The van der Waals surface area contributed by atoms with Gasteiger partial charge in [-0.15, -0.1) is 11.3 Å². The van der Waals surface area contributed by atoms with Gasteiger partial charge in [-0.1, -0.05) is 39.7 Å². The van der Waals surface area contributed by atoms with Crippen LogP contribution in [0.2, 0.25) is 0 Å². The molecule has 0 aliphatic heterocycles. The molecule has 2 aromatic rings. The Balaban J connectivity index is 2.23. The second-order valence-corrected chi connectivity index (χ2v) is 7.40. The lowest BCUT2D eigenvalue weighted by Gasteiger charge is -2.12. The lowest BCUT2D eigenvalue weighted by molar-refractivity contribution is 0.947. The van der Waals surface area contributed by atoms with E-state index < -0.39 is 0 Å². The lowest BCUT2D eigenvalue weighted by atomic mass is 10.0. The molecule has 0 nitrogen and oxygen atoms in total. The summed E-state index contributed by atoms with van der Waals surface area (Å²) in [7, 11) is 0. The van der Waals surface area contributed by atoms with E-state index in [1.54, 1.807) is 0 Å². The van der Waals surface area contributed by atoms with E-state index >= 15 is 0 Å². The highest BCUT2D eigenvalue weighted by atomic mass is 79.9. The van der Waals surface area contributed by atoms with Crippen molar-refractivity contribution in [3.8, 4) is 0 Å². The van der Waals surface area contributed by atoms with Crippen LogP contribution >= 0.6 is 27.3 Å². The van der Waals surface area contributed by atoms with Gasteiger partial charge in [0, 0.05) is 9.75 Å². The molecule has 18 heavy (non-hydrogen) atoms. The summed E-state index contributed by atoms with van der Waals surface area (Å²) in [6, 6.07) is 8.98. The Morgan fingerprint density at radius 3 is 2.39 bits per heavy atom. The lowest BCUT2D eigenvalue weighted by Crippen LogP contribution is -1.97. The maximum atomic E-state index is 3.86. The van der Waals surface area contributed by atoms with Gasteiger partial charge in [-0.3, -0.25) is 0 Å². The number of halogens is 1. The molecule has 0 radical (unpaired) electrons. The Labute approximate surface area is 122 Å². The van der Waals surface area contributed by atoms with Crippen molar-refractivity contribution in [3.05, 3.63) is 56.3 Å². The SMILES string of the molecule is Cc1ccc(C)c(CC(Br)c2sc(C)cc2C)c1. The minimum absolute atomic E-state index is 0.427. The molecule has 0 fully saturated rings. The molecule has 1 aromatic carbocycles. The summed E-state index contributed by atoms with van der Waals surface area (Å²) in [5.41, 5.74) is 5.58. The van der Waals surface area contributed by atoms with Crippen molar-refractivity contribution in [3.63, 3.8) is 0 Å². The number of aryl methyl sites for hydroxylation is 4. The van der Waals surface area contributed by atoms with Gasteiger partial charge >= 0.3 is 0 Å². The van der Waals surface area contributed by atoms with Crippen LogP contribution in [-0.4, -0.2) is 0 Å². The molecule has 1 unspecified atom stereocenters. The van der Waals surface area contributed by atoms with Crippen LogP contribution < -0.4 is 0 Å². The Bertz CT molecular complexity index is 554. The zero-order chi connectivity index (χ0) is 13.3. The van der Waals surface area contributed by atoms with E-state index in [1.165, 1.54) is 32.0 Å². The third-order valence-electron chi connectivity index (χ3n) is 3.27. The van der Waals surface area contributed by atoms with Crippen molar-refractivity contribution in [1.29, 1.82) is 0 Å². The minimum atomic E-state index is 0.427. The number of alkyl halides is 1. The first kappa shape index (κ1) is 13.8. The summed E-state index contributed by atoms with van der Waals surface area (Å²) >= 11 is 5.76. The molecule has 0 aliphatic carbocycles. The number of thiophene rings is 1. The summed E-state index contributed by atoms with van der Waals surface area (Å²) in [6.07, 6.45) is 1.06. The minimum Gasteiger partial charge on any atom is -0.144 e. The predicted molar refractivity (Wildman–Crippen MR) is 85.1 cm³/mol. The molecular weight excluding hydrogens is 304 g/mol. The fourth-order valence-corrected chi connectivity index (χ4v) is 4.28. The van der Waals surface area contributed by atoms with Crippen molar-refractivity contribution < 1.29 is 0 Å². The van der Waals surface area contributed by atoms with Crippen LogP contribution in [0.5, 0.6) is 0 Å².